The summed E-state index contributed by atoms with van der Waals surface area (Å²) in [6, 6.07) is 12.1. The zero-order chi connectivity index (χ0) is 20.6. The van der Waals surface area contributed by atoms with Gasteiger partial charge in [-0.2, -0.15) is 0 Å². The van der Waals surface area contributed by atoms with E-state index in [1.807, 2.05) is 31.3 Å². The zero-order valence-electron chi connectivity index (χ0n) is 16.7. The highest BCUT2D eigenvalue weighted by Gasteiger charge is 2.15. The summed E-state index contributed by atoms with van der Waals surface area (Å²) in [5.74, 6) is 2.33. The number of nitrogens with zero attached hydrogens (tertiary/aromatic N) is 4. The van der Waals surface area contributed by atoms with Gasteiger partial charge in [-0.05, 0) is 40.6 Å². The first-order valence-electron chi connectivity index (χ1n) is 9.18. The van der Waals surface area contributed by atoms with Gasteiger partial charge >= 0.3 is 0 Å². The fourth-order valence-corrected chi connectivity index (χ4v) is 3.96. The number of thioether (sulfide) groups is 1. The second-order valence-corrected chi connectivity index (χ2v) is 8.30. The zero-order valence-corrected chi connectivity index (χ0v) is 19.1. The molecule has 1 N–H and O–H groups in total. The lowest BCUT2D eigenvalue weighted by Gasteiger charge is -2.18. The summed E-state index contributed by atoms with van der Waals surface area (Å²) < 4.78 is 14.4. The minimum atomic E-state index is 0.488. The van der Waals surface area contributed by atoms with Crippen molar-refractivity contribution in [3.63, 3.8) is 0 Å². The van der Waals surface area contributed by atoms with E-state index in [0.717, 1.165) is 44.6 Å². The van der Waals surface area contributed by atoms with E-state index >= 15 is 0 Å². The number of methoxy groups -OCH3 is 1. The highest BCUT2D eigenvalue weighted by molar-refractivity contribution is 9.10. The molecular formula is C20H24BrN5O2S. The highest BCUT2D eigenvalue weighted by atomic mass is 79.9. The monoisotopic (exact) mass is 477 g/mol. The van der Waals surface area contributed by atoms with Crippen LogP contribution in [0.15, 0.2) is 46.0 Å². The summed E-state index contributed by atoms with van der Waals surface area (Å²) >= 11 is 5.26. The van der Waals surface area contributed by atoms with Crippen LogP contribution in [0.2, 0.25) is 0 Å². The molecule has 0 aliphatic heterocycles. The van der Waals surface area contributed by atoms with Gasteiger partial charge in [-0.15, -0.1) is 5.10 Å². The molecule has 0 atom stereocenters. The first-order chi connectivity index (χ1) is 14.1. The third kappa shape index (κ3) is 5.71. The van der Waals surface area contributed by atoms with Gasteiger partial charge in [-0.3, -0.25) is 0 Å². The van der Waals surface area contributed by atoms with Crippen molar-refractivity contribution in [1.29, 1.82) is 0 Å². The summed E-state index contributed by atoms with van der Waals surface area (Å²) in [4.78, 5) is 0. The largest absolute Gasteiger partial charge is 0.493 e. The fourth-order valence-electron chi connectivity index (χ4n) is 2.76. The lowest BCUT2D eigenvalue weighted by Crippen LogP contribution is -2.18. The molecule has 0 amide bonds. The third-order valence-electron chi connectivity index (χ3n) is 4.41. The van der Waals surface area contributed by atoms with Gasteiger partial charge in [0.25, 0.3) is 0 Å². The van der Waals surface area contributed by atoms with Crippen LogP contribution in [0.4, 0.5) is 0 Å². The van der Waals surface area contributed by atoms with Crippen LogP contribution in [0.5, 0.6) is 11.5 Å². The van der Waals surface area contributed by atoms with Gasteiger partial charge in [0.2, 0.25) is 5.16 Å². The van der Waals surface area contributed by atoms with Crippen molar-refractivity contribution in [2.75, 3.05) is 19.4 Å². The van der Waals surface area contributed by atoms with Crippen molar-refractivity contribution in [3.05, 3.63) is 57.6 Å². The van der Waals surface area contributed by atoms with Crippen LogP contribution < -0.4 is 14.8 Å². The van der Waals surface area contributed by atoms with Gasteiger partial charge in [0.05, 0.1) is 7.11 Å². The Kier molecular flexibility index (Phi) is 7.91. The smallest absolute Gasteiger partial charge is 0.209 e. The van der Waals surface area contributed by atoms with E-state index in [0.29, 0.717) is 13.2 Å². The minimum Gasteiger partial charge on any atom is -0.493 e. The van der Waals surface area contributed by atoms with Crippen LogP contribution in [-0.4, -0.2) is 39.6 Å². The number of aryl methyl sites for hydroxylation is 2. The Balaban J connectivity index is 1.63. The van der Waals surface area contributed by atoms with Gasteiger partial charge in [0, 0.05) is 35.9 Å². The molecular weight excluding hydrogens is 454 g/mol. The van der Waals surface area contributed by atoms with Crippen LogP contribution in [0.1, 0.15) is 16.7 Å². The fraction of sp³-hybridized carbons (Fsp3) is 0.350. The number of hydrogen-bond acceptors (Lipinski definition) is 7. The first-order valence-corrected chi connectivity index (χ1v) is 11.0. The summed E-state index contributed by atoms with van der Waals surface area (Å²) in [5, 5.41) is 15.7. The van der Waals surface area contributed by atoms with Crippen LogP contribution in [0.3, 0.4) is 0 Å². The van der Waals surface area contributed by atoms with Crippen molar-refractivity contribution in [2.24, 2.45) is 7.05 Å². The molecule has 3 rings (SSSR count). The lowest BCUT2D eigenvalue weighted by atomic mass is 10.1. The SMILES string of the molecule is COc1ccc(Br)c(CNCCSc2nnnn2C)c1OCc1ccccc1C. The van der Waals surface area contributed by atoms with E-state index in [-0.39, 0.29) is 0 Å². The quantitative estimate of drug-likeness (QED) is 0.352. The molecule has 2 aromatic carbocycles. The molecule has 0 unspecified atom stereocenters. The molecule has 0 fully saturated rings. The highest BCUT2D eigenvalue weighted by Crippen LogP contribution is 2.37. The van der Waals surface area contributed by atoms with E-state index in [4.69, 9.17) is 9.47 Å². The predicted molar refractivity (Wildman–Crippen MR) is 117 cm³/mol. The third-order valence-corrected chi connectivity index (χ3v) is 6.17. The van der Waals surface area contributed by atoms with E-state index < -0.39 is 0 Å². The number of hydrogen-bond donors (Lipinski definition) is 1. The van der Waals surface area contributed by atoms with Crippen molar-refractivity contribution < 1.29 is 9.47 Å². The van der Waals surface area contributed by atoms with E-state index in [9.17, 15) is 0 Å². The summed E-state index contributed by atoms with van der Waals surface area (Å²) in [6.45, 7) is 4.03. The average Bonchev–Trinajstić information content (AvgIpc) is 3.13. The second-order valence-electron chi connectivity index (χ2n) is 6.38. The van der Waals surface area contributed by atoms with E-state index in [1.54, 1.807) is 23.6 Å². The lowest BCUT2D eigenvalue weighted by molar-refractivity contribution is 0.280. The summed E-state index contributed by atoms with van der Waals surface area (Å²) in [7, 11) is 3.49. The molecule has 9 heteroatoms. The Hall–Kier alpha value is -2.10. The Labute approximate surface area is 183 Å². The van der Waals surface area contributed by atoms with Gasteiger partial charge in [0.1, 0.15) is 6.61 Å². The molecule has 0 aliphatic rings. The molecule has 154 valence electrons. The number of aromatic nitrogens is 4. The normalized spacial score (nSPS) is 10.9. The maximum atomic E-state index is 6.21. The predicted octanol–water partition coefficient (Wildman–Crippen LogP) is 3.75. The van der Waals surface area contributed by atoms with Gasteiger partial charge < -0.3 is 14.8 Å². The van der Waals surface area contributed by atoms with Gasteiger partial charge in [-0.25, -0.2) is 4.68 Å². The van der Waals surface area contributed by atoms with Crippen LogP contribution in [-0.2, 0) is 20.2 Å². The van der Waals surface area contributed by atoms with Crippen molar-refractivity contribution >= 4 is 27.7 Å². The Morgan fingerprint density at radius 2 is 2.03 bits per heavy atom. The van der Waals surface area contributed by atoms with Gasteiger partial charge in [0.15, 0.2) is 11.5 Å². The van der Waals surface area contributed by atoms with Crippen molar-refractivity contribution in [3.8, 4) is 11.5 Å². The molecule has 3 aromatic rings. The Morgan fingerprint density at radius 3 is 2.76 bits per heavy atom. The van der Waals surface area contributed by atoms with Crippen molar-refractivity contribution in [2.45, 2.75) is 25.2 Å². The molecule has 7 nitrogen and oxygen atoms in total. The number of rotatable bonds is 10. The Morgan fingerprint density at radius 1 is 1.21 bits per heavy atom. The van der Waals surface area contributed by atoms with Crippen molar-refractivity contribution in [1.82, 2.24) is 25.5 Å². The van der Waals surface area contributed by atoms with E-state index in [2.05, 4.69) is 55.8 Å². The van der Waals surface area contributed by atoms with E-state index in [1.165, 1.54) is 5.56 Å². The van der Waals surface area contributed by atoms with Crippen LogP contribution in [0, 0.1) is 6.92 Å². The molecule has 29 heavy (non-hydrogen) atoms. The minimum absolute atomic E-state index is 0.488. The number of benzene rings is 2. The number of halogens is 1. The number of nitrogens with one attached hydrogen (secondary N) is 1. The number of tetrazole rings is 1. The molecule has 0 saturated carbocycles. The summed E-state index contributed by atoms with van der Waals surface area (Å²) in [5.41, 5.74) is 3.39. The van der Waals surface area contributed by atoms with Crippen LogP contribution >= 0.6 is 27.7 Å². The molecule has 1 aromatic heterocycles. The summed E-state index contributed by atoms with van der Waals surface area (Å²) in [6.07, 6.45) is 0. The molecule has 0 aliphatic carbocycles. The maximum absolute atomic E-state index is 6.21. The topological polar surface area (TPSA) is 74.1 Å². The molecule has 1 heterocycles. The molecule has 0 spiro atoms. The Bertz CT molecular complexity index is 950. The number of ether oxygens (including phenoxy) is 2. The first kappa shape index (κ1) is 21.6. The average molecular weight is 478 g/mol. The van der Waals surface area contributed by atoms with Gasteiger partial charge in [-0.1, -0.05) is 52.0 Å². The maximum Gasteiger partial charge on any atom is 0.209 e. The second kappa shape index (κ2) is 10.6. The molecule has 0 bridgehead atoms. The molecule has 0 radical (unpaired) electrons. The van der Waals surface area contributed by atoms with Crippen LogP contribution in [0.25, 0.3) is 0 Å². The standard InChI is InChI=1S/C20H24BrN5O2S/c1-14-6-4-5-7-15(14)13-28-19-16(17(21)8-9-18(19)27-3)12-22-10-11-29-20-23-24-25-26(20)2/h4-9,22H,10-13H2,1-3H3. The molecule has 0 saturated heterocycles.